The van der Waals surface area contributed by atoms with Crippen LogP contribution in [0.5, 0.6) is 0 Å². The van der Waals surface area contributed by atoms with Crippen molar-refractivity contribution in [2.45, 2.75) is 73.1 Å². The molecule has 1 aliphatic rings. The molecule has 0 radical (unpaired) electrons. The summed E-state index contributed by atoms with van der Waals surface area (Å²) in [5.41, 5.74) is 6.03. The van der Waals surface area contributed by atoms with E-state index in [1.54, 1.807) is 0 Å². The number of carbonyl (C=O) groups is 1. The number of unbranched alkanes of at least 4 members (excludes halogenated alkanes) is 2. The van der Waals surface area contributed by atoms with Gasteiger partial charge < -0.3 is 4.57 Å². The van der Waals surface area contributed by atoms with Gasteiger partial charge in [-0.3, -0.25) is 9.69 Å². The summed E-state index contributed by atoms with van der Waals surface area (Å²) in [4.78, 5) is 15.4. The molecule has 0 unspecified atom stereocenters. The number of Topliss-reactive ketones (excluding diaryl/α,β-unsaturated/α-hetero) is 1. The second-order valence-corrected chi connectivity index (χ2v) is 9.61. The van der Waals surface area contributed by atoms with E-state index in [2.05, 4.69) is 74.4 Å². The summed E-state index contributed by atoms with van der Waals surface area (Å²) in [7, 11) is 0. The molecule has 0 saturated carbocycles. The molecular weight excluding hydrogens is 356 g/mol. The Morgan fingerprint density at radius 1 is 1.03 bits per heavy atom. The van der Waals surface area contributed by atoms with Crippen LogP contribution in [0.25, 0.3) is 5.69 Å². The van der Waals surface area contributed by atoms with E-state index >= 15 is 0 Å². The van der Waals surface area contributed by atoms with Crippen molar-refractivity contribution in [1.29, 1.82) is 0 Å². The van der Waals surface area contributed by atoms with Crippen molar-refractivity contribution in [3.05, 3.63) is 52.8 Å². The summed E-state index contributed by atoms with van der Waals surface area (Å²) < 4.78 is 2.22. The van der Waals surface area contributed by atoms with E-state index in [1.807, 2.05) is 0 Å². The number of carbonyl (C=O) groups excluding carboxylic acids is 1. The van der Waals surface area contributed by atoms with Gasteiger partial charge in [0.15, 0.2) is 5.78 Å². The highest BCUT2D eigenvalue weighted by Crippen LogP contribution is 2.30. The standard InChI is InChI=1S/C26H38N2O/c1-6-7-8-9-22-10-12-23(13-11-22)28-20(2)18-24(21(28)3)25(29)19-27-16-14-26(4,5)15-17-27/h10-13,18H,6-9,14-17,19H2,1-5H3. The first-order valence-electron chi connectivity index (χ1n) is 11.3. The number of hydrogen-bond donors (Lipinski definition) is 0. The van der Waals surface area contributed by atoms with Crippen LogP contribution in [-0.2, 0) is 6.42 Å². The van der Waals surface area contributed by atoms with Gasteiger partial charge in [-0.25, -0.2) is 0 Å². The Kier molecular flexibility index (Phi) is 7.00. The molecule has 0 atom stereocenters. The molecule has 1 aromatic carbocycles. The molecule has 0 aliphatic carbocycles. The molecule has 1 aliphatic heterocycles. The van der Waals surface area contributed by atoms with Crippen molar-refractivity contribution in [2.24, 2.45) is 5.41 Å². The first kappa shape index (κ1) is 21.8. The quantitative estimate of drug-likeness (QED) is 0.397. The molecule has 2 heterocycles. The van der Waals surface area contributed by atoms with Crippen LogP contribution in [0.3, 0.4) is 0 Å². The summed E-state index contributed by atoms with van der Waals surface area (Å²) in [6, 6.07) is 10.9. The Bertz CT molecular complexity index is 819. The summed E-state index contributed by atoms with van der Waals surface area (Å²) in [6.45, 7) is 13.7. The van der Waals surface area contributed by atoms with E-state index in [1.165, 1.54) is 37.7 Å². The lowest BCUT2D eigenvalue weighted by Gasteiger charge is -2.36. The van der Waals surface area contributed by atoms with Gasteiger partial charge in [-0.15, -0.1) is 0 Å². The molecule has 3 rings (SSSR count). The van der Waals surface area contributed by atoms with Gasteiger partial charge in [0.1, 0.15) is 0 Å². The van der Waals surface area contributed by atoms with Crippen molar-refractivity contribution < 1.29 is 4.79 Å². The van der Waals surface area contributed by atoms with E-state index in [4.69, 9.17) is 0 Å². The summed E-state index contributed by atoms with van der Waals surface area (Å²) in [6.07, 6.45) is 7.29. The first-order chi connectivity index (χ1) is 13.8. The molecular formula is C26H38N2O. The van der Waals surface area contributed by atoms with Crippen LogP contribution in [-0.4, -0.2) is 34.9 Å². The van der Waals surface area contributed by atoms with Crippen molar-refractivity contribution in [2.75, 3.05) is 19.6 Å². The maximum absolute atomic E-state index is 13.0. The van der Waals surface area contributed by atoms with E-state index < -0.39 is 0 Å². The number of rotatable bonds is 8. The minimum absolute atomic E-state index is 0.250. The molecule has 3 nitrogen and oxygen atoms in total. The average Bonchev–Trinajstić information content (AvgIpc) is 2.99. The highest BCUT2D eigenvalue weighted by atomic mass is 16.1. The van der Waals surface area contributed by atoms with Crippen LogP contribution in [0.4, 0.5) is 0 Å². The molecule has 29 heavy (non-hydrogen) atoms. The molecule has 3 heteroatoms. The van der Waals surface area contributed by atoms with Crippen LogP contribution in [0, 0.1) is 19.3 Å². The van der Waals surface area contributed by atoms with Gasteiger partial charge >= 0.3 is 0 Å². The molecule has 2 aromatic rings. The summed E-state index contributed by atoms with van der Waals surface area (Å²) in [5.74, 6) is 0.250. The maximum Gasteiger partial charge on any atom is 0.178 e. The highest BCUT2D eigenvalue weighted by Gasteiger charge is 2.27. The Labute approximate surface area is 177 Å². The first-order valence-corrected chi connectivity index (χ1v) is 11.3. The predicted octanol–water partition coefficient (Wildman–Crippen LogP) is 6.13. The predicted molar refractivity (Wildman–Crippen MR) is 122 cm³/mol. The maximum atomic E-state index is 13.0. The fourth-order valence-corrected chi connectivity index (χ4v) is 4.44. The lowest BCUT2D eigenvalue weighted by atomic mass is 9.82. The molecule has 1 saturated heterocycles. The third kappa shape index (κ3) is 5.39. The number of hydrogen-bond acceptors (Lipinski definition) is 2. The topological polar surface area (TPSA) is 25.2 Å². The smallest absolute Gasteiger partial charge is 0.178 e. The Balaban J connectivity index is 1.70. The molecule has 0 spiro atoms. The van der Waals surface area contributed by atoms with Crippen LogP contribution in [0.2, 0.25) is 0 Å². The fraction of sp³-hybridized carbons (Fsp3) is 0.577. The normalized spacial score (nSPS) is 16.9. The van der Waals surface area contributed by atoms with Crippen LogP contribution < -0.4 is 0 Å². The Morgan fingerprint density at radius 3 is 2.31 bits per heavy atom. The Morgan fingerprint density at radius 2 is 1.69 bits per heavy atom. The Hall–Kier alpha value is -1.87. The zero-order chi connectivity index (χ0) is 21.0. The third-order valence-corrected chi connectivity index (χ3v) is 6.57. The van der Waals surface area contributed by atoms with Gasteiger partial charge in [-0.05, 0) is 81.8 Å². The fourth-order valence-electron chi connectivity index (χ4n) is 4.44. The van der Waals surface area contributed by atoms with Crippen LogP contribution in [0.15, 0.2) is 30.3 Å². The van der Waals surface area contributed by atoms with E-state index in [0.29, 0.717) is 12.0 Å². The third-order valence-electron chi connectivity index (χ3n) is 6.57. The van der Waals surface area contributed by atoms with Crippen LogP contribution in [0.1, 0.15) is 80.2 Å². The van der Waals surface area contributed by atoms with Gasteiger partial charge in [0, 0.05) is 22.6 Å². The molecule has 0 amide bonds. The summed E-state index contributed by atoms with van der Waals surface area (Å²) in [5, 5.41) is 0. The van der Waals surface area contributed by atoms with Gasteiger partial charge in [-0.1, -0.05) is 45.7 Å². The van der Waals surface area contributed by atoms with Gasteiger partial charge in [0.05, 0.1) is 6.54 Å². The van der Waals surface area contributed by atoms with Crippen molar-refractivity contribution in [3.63, 3.8) is 0 Å². The number of aryl methyl sites for hydroxylation is 2. The second kappa shape index (κ2) is 9.30. The molecule has 158 valence electrons. The second-order valence-electron chi connectivity index (χ2n) is 9.61. The van der Waals surface area contributed by atoms with E-state index in [0.717, 1.165) is 42.1 Å². The molecule has 1 fully saturated rings. The van der Waals surface area contributed by atoms with E-state index in [-0.39, 0.29) is 5.78 Å². The van der Waals surface area contributed by atoms with Crippen molar-refractivity contribution >= 4 is 5.78 Å². The van der Waals surface area contributed by atoms with Crippen molar-refractivity contribution in [3.8, 4) is 5.69 Å². The number of nitrogens with zero attached hydrogens (tertiary/aromatic N) is 2. The van der Waals surface area contributed by atoms with E-state index in [9.17, 15) is 4.79 Å². The largest absolute Gasteiger partial charge is 0.318 e. The minimum atomic E-state index is 0.250. The molecule has 0 bridgehead atoms. The van der Waals surface area contributed by atoms with Gasteiger partial charge in [0.25, 0.3) is 0 Å². The van der Waals surface area contributed by atoms with Crippen molar-refractivity contribution in [1.82, 2.24) is 9.47 Å². The van der Waals surface area contributed by atoms with Gasteiger partial charge in [0.2, 0.25) is 0 Å². The molecule has 0 N–H and O–H groups in total. The zero-order valence-electron chi connectivity index (χ0n) is 19.1. The number of piperidine rings is 1. The average molecular weight is 395 g/mol. The number of likely N-dealkylation sites (tertiary alicyclic amines) is 1. The minimum Gasteiger partial charge on any atom is -0.318 e. The van der Waals surface area contributed by atoms with Gasteiger partial charge in [-0.2, -0.15) is 0 Å². The number of ketones is 1. The number of aromatic nitrogens is 1. The monoisotopic (exact) mass is 394 g/mol. The lowest BCUT2D eigenvalue weighted by Crippen LogP contribution is -2.40. The lowest BCUT2D eigenvalue weighted by molar-refractivity contribution is 0.0845. The highest BCUT2D eigenvalue weighted by molar-refractivity contribution is 5.99. The SMILES string of the molecule is CCCCCc1ccc(-n2c(C)cc(C(=O)CN3CCC(C)(C)CC3)c2C)cc1. The van der Waals surface area contributed by atoms with Crippen LogP contribution >= 0.6 is 0 Å². The zero-order valence-corrected chi connectivity index (χ0v) is 19.1. The summed E-state index contributed by atoms with van der Waals surface area (Å²) >= 11 is 0. The number of benzene rings is 1. The molecule has 1 aromatic heterocycles.